The van der Waals surface area contributed by atoms with Gasteiger partial charge in [-0.25, -0.2) is 0 Å². The lowest BCUT2D eigenvalue weighted by molar-refractivity contribution is 0.0637. The van der Waals surface area contributed by atoms with E-state index in [1.54, 1.807) is 0 Å². The van der Waals surface area contributed by atoms with E-state index in [1.807, 2.05) is 6.92 Å². The summed E-state index contributed by atoms with van der Waals surface area (Å²) in [6.45, 7) is 4.08. The molecule has 1 heterocycles. The van der Waals surface area contributed by atoms with Gasteiger partial charge in [0, 0.05) is 6.04 Å². The second-order valence-electron chi connectivity index (χ2n) is 2.55. The van der Waals surface area contributed by atoms with Crippen LogP contribution in [0.3, 0.4) is 0 Å². The van der Waals surface area contributed by atoms with Crippen molar-refractivity contribution in [1.29, 1.82) is 0 Å². The Morgan fingerprint density at radius 3 is 2.25 bits per heavy atom. The molecule has 0 aromatic carbocycles. The highest BCUT2D eigenvalue weighted by molar-refractivity contribution is 4.79. The predicted molar refractivity (Wildman–Crippen MR) is 32.6 cm³/mol. The summed E-state index contributed by atoms with van der Waals surface area (Å²) in [4.78, 5) is 0. The maximum absolute atomic E-state index is 5.64. The van der Waals surface area contributed by atoms with Crippen LogP contribution in [0.25, 0.3) is 0 Å². The van der Waals surface area contributed by atoms with Crippen molar-refractivity contribution in [1.82, 2.24) is 0 Å². The minimum atomic E-state index is 0.269. The molecule has 3 atom stereocenters. The molecule has 2 N–H and O–H groups in total. The number of hydrogen-bond acceptors (Lipinski definition) is 2. The fraction of sp³-hybridized carbons (Fsp3) is 1.00. The van der Waals surface area contributed by atoms with Gasteiger partial charge >= 0.3 is 0 Å². The third-order valence-electron chi connectivity index (χ3n) is 1.65. The summed E-state index contributed by atoms with van der Waals surface area (Å²) in [7, 11) is 0. The van der Waals surface area contributed by atoms with Crippen LogP contribution in [0.5, 0.6) is 0 Å². The summed E-state index contributed by atoms with van der Waals surface area (Å²) in [5.74, 6) is 0. The lowest BCUT2D eigenvalue weighted by atomic mass is 10.1. The molecular formula is C6H13NO. The Kier molecular flexibility index (Phi) is 1.54. The van der Waals surface area contributed by atoms with E-state index >= 15 is 0 Å². The van der Waals surface area contributed by atoms with E-state index in [0.717, 1.165) is 6.42 Å². The van der Waals surface area contributed by atoms with E-state index < -0.39 is 0 Å². The van der Waals surface area contributed by atoms with E-state index in [2.05, 4.69) is 6.92 Å². The van der Waals surface area contributed by atoms with Gasteiger partial charge in [-0.3, -0.25) is 0 Å². The smallest absolute Gasteiger partial charge is 0.0702 e. The van der Waals surface area contributed by atoms with Gasteiger partial charge in [0.15, 0.2) is 0 Å². The Bertz CT molecular complexity index is 74.6. The highest BCUT2D eigenvalue weighted by Crippen LogP contribution is 2.16. The second-order valence-corrected chi connectivity index (χ2v) is 2.55. The van der Waals surface area contributed by atoms with Crippen molar-refractivity contribution < 1.29 is 4.74 Å². The van der Waals surface area contributed by atoms with E-state index in [-0.39, 0.29) is 12.1 Å². The fourth-order valence-corrected chi connectivity index (χ4v) is 1.10. The molecule has 0 radical (unpaired) electrons. The van der Waals surface area contributed by atoms with Crippen molar-refractivity contribution in [2.24, 2.45) is 5.73 Å². The van der Waals surface area contributed by atoms with Gasteiger partial charge in [0.1, 0.15) is 0 Å². The van der Waals surface area contributed by atoms with Crippen LogP contribution >= 0.6 is 0 Å². The third kappa shape index (κ3) is 1.01. The van der Waals surface area contributed by atoms with Crippen molar-refractivity contribution in [3.8, 4) is 0 Å². The summed E-state index contributed by atoms with van der Waals surface area (Å²) >= 11 is 0. The largest absolute Gasteiger partial charge is 0.374 e. The molecule has 0 unspecified atom stereocenters. The number of nitrogens with two attached hydrogens (primary N) is 1. The number of rotatable bonds is 0. The van der Waals surface area contributed by atoms with Crippen LogP contribution in [-0.2, 0) is 4.74 Å². The molecule has 1 aliphatic rings. The van der Waals surface area contributed by atoms with Crippen LogP contribution in [0.4, 0.5) is 0 Å². The maximum Gasteiger partial charge on any atom is 0.0702 e. The zero-order chi connectivity index (χ0) is 6.15. The van der Waals surface area contributed by atoms with Crippen molar-refractivity contribution in [2.45, 2.75) is 38.5 Å². The molecular weight excluding hydrogens is 102 g/mol. The Balaban J connectivity index is 2.39. The first-order valence-corrected chi connectivity index (χ1v) is 3.11. The molecule has 0 aliphatic carbocycles. The van der Waals surface area contributed by atoms with E-state index in [1.165, 1.54) is 0 Å². The molecule has 0 aromatic heterocycles. The molecule has 0 spiro atoms. The Hall–Kier alpha value is -0.0800. The van der Waals surface area contributed by atoms with E-state index in [0.29, 0.717) is 6.10 Å². The van der Waals surface area contributed by atoms with Gasteiger partial charge in [0.2, 0.25) is 0 Å². The van der Waals surface area contributed by atoms with E-state index in [9.17, 15) is 0 Å². The lowest BCUT2D eigenvalue weighted by Gasteiger charge is -2.05. The molecule has 1 rings (SSSR count). The molecule has 2 nitrogen and oxygen atoms in total. The topological polar surface area (TPSA) is 35.2 Å². The van der Waals surface area contributed by atoms with Crippen molar-refractivity contribution in [3.63, 3.8) is 0 Å². The fourth-order valence-electron chi connectivity index (χ4n) is 1.10. The normalized spacial score (nSPS) is 47.6. The molecule has 2 heteroatoms. The first-order valence-electron chi connectivity index (χ1n) is 3.11. The monoisotopic (exact) mass is 115 g/mol. The van der Waals surface area contributed by atoms with Crippen LogP contribution in [-0.4, -0.2) is 18.2 Å². The van der Waals surface area contributed by atoms with Crippen molar-refractivity contribution in [3.05, 3.63) is 0 Å². The van der Waals surface area contributed by atoms with Gasteiger partial charge in [0.05, 0.1) is 12.2 Å². The van der Waals surface area contributed by atoms with Crippen LogP contribution < -0.4 is 5.73 Å². The minimum absolute atomic E-state index is 0.269. The first kappa shape index (κ1) is 6.05. The molecule has 0 amide bonds. The zero-order valence-electron chi connectivity index (χ0n) is 5.42. The molecule has 0 saturated carbocycles. The van der Waals surface area contributed by atoms with Gasteiger partial charge < -0.3 is 10.5 Å². The van der Waals surface area contributed by atoms with Gasteiger partial charge in [0.25, 0.3) is 0 Å². The van der Waals surface area contributed by atoms with Gasteiger partial charge in [-0.05, 0) is 20.3 Å². The van der Waals surface area contributed by atoms with Crippen LogP contribution in [0.2, 0.25) is 0 Å². The standard InChI is InChI=1S/C6H13NO/c1-4-3-6(7)5(2)8-4/h4-6H,3,7H2,1-2H3/t4-,5+,6-/m1/s1. The third-order valence-corrected chi connectivity index (χ3v) is 1.65. The van der Waals surface area contributed by atoms with Crippen LogP contribution in [0.15, 0.2) is 0 Å². The molecule has 0 aromatic rings. The molecule has 1 aliphatic heterocycles. The Morgan fingerprint density at radius 2 is 2.12 bits per heavy atom. The van der Waals surface area contributed by atoms with Crippen molar-refractivity contribution >= 4 is 0 Å². The summed E-state index contributed by atoms with van der Waals surface area (Å²) in [5.41, 5.74) is 5.64. The lowest BCUT2D eigenvalue weighted by Crippen LogP contribution is -2.26. The maximum atomic E-state index is 5.64. The van der Waals surface area contributed by atoms with Crippen LogP contribution in [0.1, 0.15) is 20.3 Å². The molecule has 48 valence electrons. The molecule has 0 bridgehead atoms. The Labute approximate surface area is 50.0 Å². The average Bonchev–Trinajstić information content (AvgIpc) is 1.85. The quantitative estimate of drug-likeness (QED) is 0.499. The molecule has 8 heavy (non-hydrogen) atoms. The number of hydrogen-bond donors (Lipinski definition) is 1. The summed E-state index contributed by atoms with van der Waals surface area (Å²) in [6.07, 6.45) is 1.66. The van der Waals surface area contributed by atoms with E-state index in [4.69, 9.17) is 10.5 Å². The zero-order valence-corrected chi connectivity index (χ0v) is 5.42. The summed E-state index contributed by atoms with van der Waals surface area (Å²) < 4.78 is 5.35. The van der Waals surface area contributed by atoms with Gasteiger partial charge in [-0.15, -0.1) is 0 Å². The highest BCUT2D eigenvalue weighted by Gasteiger charge is 2.25. The average molecular weight is 115 g/mol. The minimum Gasteiger partial charge on any atom is -0.374 e. The van der Waals surface area contributed by atoms with Crippen LogP contribution in [0, 0.1) is 0 Å². The SMILES string of the molecule is C[C@@H]1C[C@@H](N)[C@H](C)O1. The Morgan fingerprint density at radius 1 is 1.50 bits per heavy atom. The molecule has 1 fully saturated rings. The van der Waals surface area contributed by atoms with Gasteiger partial charge in [-0.2, -0.15) is 0 Å². The second kappa shape index (κ2) is 2.03. The highest BCUT2D eigenvalue weighted by atomic mass is 16.5. The van der Waals surface area contributed by atoms with Crippen molar-refractivity contribution in [2.75, 3.05) is 0 Å². The molecule has 1 saturated heterocycles. The summed E-state index contributed by atoms with van der Waals surface area (Å²) in [5, 5.41) is 0. The van der Waals surface area contributed by atoms with Gasteiger partial charge in [-0.1, -0.05) is 0 Å². The first-order chi connectivity index (χ1) is 3.70. The predicted octanol–water partition coefficient (Wildman–Crippen LogP) is 0.511. The summed E-state index contributed by atoms with van der Waals surface area (Å²) in [6, 6.07) is 0.269. The number of ether oxygens (including phenoxy) is 1.